The zero-order valence-electron chi connectivity index (χ0n) is 11.5. The van der Waals surface area contributed by atoms with Crippen molar-refractivity contribution < 1.29 is 14.3 Å². The molecule has 0 saturated carbocycles. The van der Waals surface area contributed by atoms with Crippen LogP contribution in [0.4, 0.5) is 4.39 Å². The lowest BCUT2D eigenvalue weighted by Crippen LogP contribution is -2.42. The molecule has 1 heterocycles. The molecule has 0 aliphatic heterocycles. The predicted octanol–water partition coefficient (Wildman–Crippen LogP) is 2.73. The van der Waals surface area contributed by atoms with Crippen molar-refractivity contribution >= 4 is 17.6 Å². The van der Waals surface area contributed by atoms with Crippen LogP contribution in [0.25, 0.3) is 11.4 Å². The van der Waals surface area contributed by atoms with E-state index in [1.807, 2.05) is 0 Å². The van der Waals surface area contributed by atoms with Crippen molar-refractivity contribution in [2.75, 3.05) is 0 Å². The van der Waals surface area contributed by atoms with E-state index in [1.54, 1.807) is 19.9 Å². The van der Waals surface area contributed by atoms with Crippen LogP contribution in [0.15, 0.2) is 18.2 Å². The number of carboxylic acid groups (broad SMARTS) is 1. The average Bonchev–Trinajstić information content (AvgIpc) is 2.93. The molecule has 0 bridgehead atoms. The maximum absolute atomic E-state index is 14.2. The Morgan fingerprint density at radius 1 is 1.43 bits per heavy atom. The van der Waals surface area contributed by atoms with Gasteiger partial charge in [-0.2, -0.15) is 0 Å². The minimum Gasteiger partial charge on any atom is -0.479 e. The Bertz CT molecular complexity index is 670. The summed E-state index contributed by atoms with van der Waals surface area (Å²) in [6, 6.07) is 4.42. The number of rotatable bonds is 5. The Kier molecular flexibility index (Phi) is 4.22. The van der Waals surface area contributed by atoms with Crippen LogP contribution >= 0.6 is 11.6 Å². The number of nitrogens with zero attached hydrogens (tertiary/aromatic N) is 4. The third-order valence-electron chi connectivity index (χ3n) is 3.64. The first-order valence-corrected chi connectivity index (χ1v) is 6.82. The molecule has 6 nitrogen and oxygen atoms in total. The van der Waals surface area contributed by atoms with Crippen LogP contribution in [0.5, 0.6) is 0 Å². The van der Waals surface area contributed by atoms with Crippen LogP contribution in [0.1, 0.15) is 26.7 Å². The van der Waals surface area contributed by atoms with Crippen LogP contribution in [0, 0.1) is 5.82 Å². The topological polar surface area (TPSA) is 80.9 Å². The summed E-state index contributed by atoms with van der Waals surface area (Å²) in [4.78, 5) is 11.7. The maximum Gasteiger partial charge on any atom is 0.331 e. The molecule has 0 atom stereocenters. The summed E-state index contributed by atoms with van der Waals surface area (Å²) in [5, 5.41) is 20.5. The molecule has 0 unspecified atom stereocenters. The number of carbonyl (C=O) groups is 1. The van der Waals surface area contributed by atoms with Crippen molar-refractivity contribution in [1.82, 2.24) is 20.2 Å². The molecule has 21 heavy (non-hydrogen) atoms. The van der Waals surface area contributed by atoms with Gasteiger partial charge >= 0.3 is 5.97 Å². The van der Waals surface area contributed by atoms with E-state index in [2.05, 4.69) is 15.5 Å². The highest BCUT2D eigenvalue weighted by Gasteiger charge is 2.41. The fourth-order valence-corrected chi connectivity index (χ4v) is 2.44. The number of benzene rings is 1. The summed E-state index contributed by atoms with van der Waals surface area (Å²) in [6.07, 6.45) is 0.526. The van der Waals surface area contributed by atoms with Gasteiger partial charge in [0.15, 0.2) is 17.2 Å². The normalized spacial score (nSPS) is 11.6. The molecule has 0 saturated heterocycles. The average molecular weight is 313 g/mol. The molecule has 112 valence electrons. The molecular formula is C13H14ClFN4O2. The maximum atomic E-state index is 14.2. The molecule has 1 aromatic carbocycles. The van der Waals surface area contributed by atoms with Gasteiger partial charge in [0.05, 0.1) is 10.6 Å². The Labute approximate surface area is 125 Å². The number of tetrazole rings is 1. The van der Waals surface area contributed by atoms with Gasteiger partial charge in [0.2, 0.25) is 0 Å². The molecule has 8 heteroatoms. The minimum atomic E-state index is -1.33. The Morgan fingerprint density at radius 2 is 2.10 bits per heavy atom. The van der Waals surface area contributed by atoms with Gasteiger partial charge < -0.3 is 5.11 Å². The first-order chi connectivity index (χ1) is 9.97. The standard InChI is InChI=1S/C13H14ClFN4O2/c1-3-13(4-2,12(20)21)19-11(16-17-18-19)8-6-5-7-9(14)10(8)15/h5-7H,3-4H2,1-2H3,(H,20,21). The lowest BCUT2D eigenvalue weighted by atomic mass is 9.92. The molecule has 0 radical (unpaired) electrons. The third kappa shape index (κ3) is 2.37. The summed E-state index contributed by atoms with van der Waals surface area (Å²) < 4.78 is 15.3. The molecule has 0 amide bonds. The van der Waals surface area contributed by atoms with E-state index >= 15 is 0 Å². The SMILES string of the molecule is CCC(CC)(C(=O)O)n1nnnc1-c1cccc(Cl)c1F. The molecule has 2 aromatic rings. The molecule has 1 aromatic heterocycles. The molecule has 0 aliphatic carbocycles. The van der Waals surface area contributed by atoms with Crippen molar-refractivity contribution in [3.8, 4) is 11.4 Å². The fourth-order valence-electron chi connectivity index (χ4n) is 2.26. The Morgan fingerprint density at radius 3 is 2.67 bits per heavy atom. The Balaban J connectivity index is 2.68. The van der Waals surface area contributed by atoms with Crippen LogP contribution in [0.3, 0.4) is 0 Å². The Hall–Kier alpha value is -2.02. The van der Waals surface area contributed by atoms with E-state index in [4.69, 9.17) is 11.6 Å². The number of halogens is 2. The van der Waals surface area contributed by atoms with E-state index in [0.29, 0.717) is 0 Å². The second-order valence-electron chi connectivity index (χ2n) is 4.56. The zero-order valence-corrected chi connectivity index (χ0v) is 12.3. The number of hydrogen-bond donors (Lipinski definition) is 1. The lowest BCUT2D eigenvalue weighted by molar-refractivity contribution is -0.148. The summed E-state index contributed by atoms with van der Waals surface area (Å²) in [6.45, 7) is 3.44. The van der Waals surface area contributed by atoms with Gasteiger partial charge in [-0.25, -0.2) is 13.9 Å². The highest BCUT2D eigenvalue weighted by atomic mass is 35.5. The van der Waals surface area contributed by atoms with E-state index in [9.17, 15) is 14.3 Å². The number of carboxylic acids is 1. The van der Waals surface area contributed by atoms with Crippen LogP contribution in [0.2, 0.25) is 5.02 Å². The number of hydrogen-bond acceptors (Lipinski definition) is 4. The molecule has 0 spiro atoms. The van der Waals surface area contributed by atoms with Gasteiger partial charge in [-0.1, -0.05) is 31.5 Å². The van der Waals surface area contributed by atoms with Gasteiger partial charge in [-0.05, 0) is 35.4 Å². The first kappa shape index (κ1) is 15.4. The highest BCUT2D eigenvalue weighted by molar-refractivity contribution is 6.31. The predicted molar refractivity (Wildman–Crippen MR) is 74.4 cm³/mol. The van der Waals surface area contributed by atoms with Crippen molar-refractivity contribution in [3.63, 3.8) is 0 Å². The largest absolute Gasteiger partial charge is 0.479 e. The summed E-state index contributed by atoms with van der Waals surface area (Å²) in [5.41, 5.74) is -1.26. The van der Waals surface area contributed by atoms with Gasteiger partial charge in [0, 0.05) is 0 Å². The minimum absolute atomic E-state index is 0.0427. The number of aromatic nitrogens is 4. The first-order valence-electron chi connectivity index (χ1n) is 6.44. The van der Waals surface area contributed by atoms with E-state index < -0.39 is 17.3 Å². The zero-order chi connectivity index (χ0) is 15.6. The number of aliphatic carboxylic acids is 1. The third-order valence-corrected chi connectivity index (χ3v) is 3.93. The second kappa shape index (κ2) is 5.77. The van der Waals surface area contributed by atoms with E-state index in [-0.39, 0.29) is 29.3 Å². The van der Waals surface area contributed by atoms with Gasteiger partial charge in [-0.3, -0.25) is 0 Å². The monoisotopic (exact) mass is 312 g/mol. The van der Waals surface area contributed by atoms with Gasteiger partial charge in [-0.15, -0.1) is 5.10 Å². The lowest BCUT2D eigenvalue weighted by Gasteiger charge is -2.27. The van der Waals surface area contributed by atoms with Crippen molar-refractivity contribution in [2.24, 2.45) is 0 Å². The summed E-state index contributed by atoms with van der Waals surface area (Å²) in [7, 11) is 0. The van der Waals surface area contributed by atoms with E-state index in [0.717, 1.165) is 4.68 Å². The summed E-state index contributed by atoms with van der Waals surface area (Å²) in [5.74, 6) is -1.70. The molecule has 1 N–H and O–H groups in total. The van der Waals surface area contributed by atoms with Crippen LogP contribution in [-0.2, 0) is 10.3 Å². The molecule has 2 rings (SSSR count). The van der Waals surface area contributed by atoms with Crippen molar-refractivity contribution in [1.29, 1.82) is 0 Å². The summed E-state index contributed by atoms with van der Waals surface area (Å²) >= 11 is 5.76. The van der Waals surface area contributed by atoms with Crippen LogP contribution < -0.4 is 0 Å². The second-order valence-corrected chi connectivity index (χ2v) is 4.97. The fraction of sp³-hybridized carbons (Fsp3) is 0.385. The van der Waals surface area contributed by atoms with Gasteiger partial charge in [0.25, 0.3) is 0 Å². The molecule has 0 aliphatic rings. The van der Waals surface area contributed by atoms with E-state index in [1.165, 1.54) is 12.1 Å². The quantitative estimate of drug-likeness (QED) is 0.918. The smallest absolute Gasteiger partial charge is 0.331 e. The van der Waals surface area contributed by atoms with Gasteiger partial charge in [0.1, 0.15) is 0 Å². The van der Waals surface area contributed by atoms with Crippen molar-refractivity contribution in [3.05, 3.63) is 29.0 Å². The molecule has 0 fully saturated rings. The van der Waals surface area contributed by atoms with Crippen LogP contribution in [-0.4, -0.2) is 31.3 Å². The van der Waals surface area contributed by atoms with Crippen molar-refractivity contribution in [2.45, 2.75) is 32.2 Å². The highest BCUT2D eigenvalue weighted by Crippen LogP contribution is 2.32. The molecular weight excluding hydrogens is 299 g/mol.